The summed E-state index contributed by atoms with van der Waals surface area (Å²) in [6.07, 6.45) is -0.505. The van der Waals surface area contributed by atoms with Gasteiger partial charge in [0.1, 0.15) is 6.61 Å². The van der Waals surface area contributed by atoms with Gasteiger partial charge in [0.15, 0.2) is 5.82 Å². The molecule has 0 spiro atoms. The van der Waals surface area contributed by atoms with Gasteiger partial charge in [-0.1, -0.05) is 60.7 Å². The summed E-state index contributed by atoms with van der Waals surface area (Å²) in [7, 11) is 0. The lowest BCUT2D eigenvalue weighted by Crippen LogP contribution is -2.18. The molecule has 5 rings (SSSR count). The van der Waals surface area contributed by atoms with Crippen molar-refractivity contribution in [2.45, 2.75) is 5.92 Å². The average Bonchev–Trinajstić information content (AvgIpc) is 3.26. The second-order valence-electron chi connectivity index (χ2n) is 6.57. The highest BCUT2D eigenvalue weighted by atomic mass is 16.5. The molecule has 0 saturated carbocycles. The van der Waals surface area contributed by atoms with E-state index >= 15 is 0 Å². The maximum Gasteiger partial charge on any atom is 0.412 e. The molecule has 5 nitrogen and oxygen atoms in total. The Morgan fingerprint density at radius 2 is 1.56 bits per heavy atom. The molecule has 2 N–H and O–H groups in total. The lowest BCUT2D eigenvalue weighted by Gasteiger charge is -2.14. The van der Waals surface area contributed by atoms with Crippen molar-refractivity contribution in [3.63, 3.8) is 0 Å². The highest BCUT2D eigenvalue weighted by molar-refractivity contribution is 5.97. The smallest absolute Gasteiger partial charge is 0.412 e. The number of carbonyl (C=O) groups excluding carboxylic acids is 1. The number of anilines is 1. The molecule has 1 aliphatic rings. The lowest BCUT2D eigenvalue weighted by atomic mass is 9.98. The molecule has 1 amide bonds. The van der Waals surface area contributed by atoms with Gasteiger partial charge >= 0.3 is 6.09 Å². The highest BCUT2D eigenvalue weighted by Gasteiger charge is 2.29. The van der Waals surface area contributed by atoms with Gasteiger partial charge in [0.2, 0.25) is 0 Å². The number of hydrogen-bond donors (Lipinski definition) is 2. The van der Waals surface area contributed by atoms with Crippen LogP contribution in [0.5, 0.6) is 0 Å². The third kappa shape index (κ3) is 2.64. The first-order valence-electron chi connectivity index (χ1n) is 8.86. The van der Waals surface area contributed by atoms with Crippen LogP contribution in [-0.2, 0) is 4.74 Å². The quantitative estimate of drug-likeness (QED) is 0.548. The van der Waals surface area contributed by atoms with E-state index in [1.807, 2.05) is 48.5 Å². The Balaban J connectivity index is 1.35. The second kappa shape index (κ2) is 6.29. The van der Waals surface area contributed by atoms with Crippen LogP contribution >= 0.6 is 0 Å². The summed E-state index contributed by atoms with van der Waals surface area (Å²) >= 11 is 0. The molecule has 0 fully saturated rings. The monoisotopic (exact) mass is 355 g/mol. The van der Waals surface area contributed by atoms with Gasteiger partial charge in [-0.15, -0.1) is 0 Å². The molecule has 27 heavy (non-hydrogen) atoms. The highest BCUT2D eigenvalue weighted by Crippen LogP contribution is 2.44. The minimum absolute atomic E-state index is 0.0408. The van der Waals surface area contributed by atoms with Crippen LogP contribution in [0, 0.1) is 0 Å². The van der Waals surface area contributed by atoms with Crippen molar-refractivity contribution in [1.82, 2.24) is 10.2 Å². The van der Waals surface area contributed by atoms with E-state index in [-0.39, 0.29) is 12.5 Å². The first-order valence-corrected chi connectivity index (χ1v) is 8.86. The van der Waals surface area contributed by atoms with Crippen molar-refractivity contribution >= 4 is 22.8 Å². The maximum absolute atomic E-state index is 12.3. The van der Waals surface area contributed by atoms with E-state index in [0.717, 1.165) is 10.9 Å². The van der Waals surface area contributed by atoms with Crippen LogP contribution < -0.4 is 5.32 Å². The van der Waals surface area contributed by atoms with Crippen LogP contribution in [0.25, 0.3) is 22.0 Å². The first kappa shape index (κ1) is 15.6. The molecule has 0 radical (unpaired) electrons. The largest absolute Gasteiger partial charge is 0.448 e. The van der Waals surface area contributed by atoms with Crippen LogP contribution in [-0.4, -0.2) is 22.9 Å². The summed E-state index contributed by atoms with van der Waals surface area (Å²) in [6.45, 7) is 0.280. The van der Waals surface area contributed by atoms with Crippen LogP contribution in [0.1, 0.15) is 17.0 Å². The van der Waals surface area contributed by atoms with Crippen LogP contribution in [0.4, 0.5) is 10.6 Å². The summed E-state index contributed by atoms with van der Waals surface area (Å²) in [5.41, 5.74) is 5.67. The number of aromatic nitrogens is 2. The molecule has 1 aromatic heterocycles. The number of ether oxygens (including phenoxy) is 1. The summed E-state index contributed by atoms with van der Waals surface area (Å²) in [4.78, 5) is 12.3. The van der Waals surface area contributed by atoms with E-state index in [0.29, 0.717) is 5.82 Å². The number of aromatic amines is 1. The molecule has 1 aliphatic carbocycles. The standard InChI is InChI=1S/C22H17N3O2/c26-22(23-21-18-11-5-6-12-20(18)24-25-21)27-13-19-16-9-3-1-7-14(16)15-8-2-4-10-17(15)19/h1-12,19H,13H2,(H2,23,24,25,26). The first-order chi connectivity index (χ1) is 13.3. The summed E-state index contributed by atoms with van der Waals surface area (Å²) in [5, 5.41) is 10.6. The molecule has 0 aliphatic heterocycles. The number of amides is 1. The van der Waals surface area contributed by atoms with Gasteiger partial charge in [-0.25, -0.2) is 4.79 Å². The average molecular weight is 355 g/mol. The fourth-order valence-electron chi connectivity index (χ4n) is 3.79. The minimum Gasteiger partial charge on any atom is -0.448 e. The van der Waals surface area contributed by atoms with Crippen molar-refractivity contribution < 1.29 is 9.53 Å². The Labute approximate surface area is 156 Å². The molecule has 0 bridgehead atoms. The molecule has 0 unspecified atom stereocenters. The number of para-hydroxylation sites is 1. The van der Waals surface area contributed by atoms with Crippen molar-refractivity contribution in [3.05, 3.63) is 83.9 Å². The molecule has 3 aromatic carbocycles. The number of rotatable bonds is 3. The Morgan fingerprint density at radius 3 is 2.30 bits per heavy atom. The third-order valence-corrected chi connectivity index (χ3v) is 5.03. The number of nitrogens with zero attached hydrogens (tertiary/aromatic N) is 1. The Kier molecular flexibility index (Phi) is 3.64. The molecule has 1 heterocycles. The van der Waals surface area contributed by atoms with Crippen molar-refractivity contribution in [3.8, 4) is 11.1 Å². The second-order valence-corrected chi connectivity index (χ2v) is 6.57. The predicted molar refractivity (Wildman–Crippen MR) is 105 cm³/mol. The topological polar surface area (TPSA) is 67.0 Å². The lowest BCUT2D eigenvalue weighted by molar-refractivity contribution is 0.158. The zero-order valence-corrected chi connectivity index (χ0v) is 14.5. The van der Waals surface area contributed by atoms with Gasteiger partial charge in [-0.3, -0.25) is 10.4 Å². The van der Waals surface area contributed by atoms with E-state index in [2.05, 4.69) is 39.8 Å². The van der Waals surface area contributed by atoms with Crippen LogP contribution in [0.15, 0.2) is 72.8 Å². The molecular weight excluding hydrogens is 338 g/mol. The Bertz CT molecular complexity index is 1100. The molecule has 5 heteroatoms. The van der Waals surface area contributed by atoms with Crippen molar-refractivity contribution in [2.24, 2.45) is 0 Å². The van der Waals surface area contributed by atoms with Crippen molar-refractivity contribution in [1.29, 1.82) is 0 Å². The van der Waals surface area contributed by atoms with Gasteiger partial charge in [-0.05, 0) is 34.4 Å². The van der Waals surface area contributed by atoms with E-state index in [1.165, 1.54) is 22.3 Å². The fourth-order valence-corrected chi connectivity index (χ4v) is 3.79. The number of carbonyl (C=O) groups is 1. The van der Waals surface area contributed by atoms with Gasteiger partial charge < -0.3 is 4.74 Å². The van der Waals surface area contributed by atoms with Gasteiger partial charge in [0.05, 0.1) is 5.52 Å². The van der Waals surface area contributed by atoms with Crippen molar-refractivity contribution in [2.75, 3.05) is 11.9 Å². The molecule has 0 saturated heterocycles. The zero-order chi connectivity index (χ0) is 18.2. The summed E-state index contributed by atoms with van der Waals surface area (Å²) in [5.74, 6) is 0.516. The third-order valence-electron chi connectivity index (χ3n) is 5.03. The van der Waals surface area contributed by atoms with Gasteiger partial charge in [0.25, 0.3) is 0 Å². The van der Waals surface area contributed by atoms with Crippen LogP contribution in [0.3, 0.4) is 0 Å². The van der Waals surface area contributed by atoms with E-state index < -0.39 is 6.09 Å². The molecule has 0 atom stereocenters. The Morgan fingerprint density at radius 1 is 0.926 bits per heavy atom. The van der Waals surface area contributed by atoms with Gasteiger partial charge in [0, 0.05) is 11.3 Å². The summed E-state index contributed by atoms with van der Waals surface area (Å²) in [6, 6.07) is 24.2. The van der Waals surface area contributed by atoms with Gasteiger partial charge in [-0.2, -0.15) is 5.10 Å². The maximum atomic E-state index is 12.3. The summed E-state index contributed by atoms with van der Waals surface area (Å²) < 4.78 is 5.56. The number of hydrogen-bond acceptors (Lipinski definition) is 3. The zero-order valence-electron chi connectivity index (χ0n) is 14.5. The molecule has 132 valence electrons. The normalized spacial score (nSPS) is 12.6. The van der Waals surface area contributed by atoms with Crippen LogP contribution in [0.2, 0.25) is 0 Å². The molecular formula is C22H17N3O2. The predicted octanol–water partition coefficient (Wildman–Crippen LogP) is 4.92. The minimum atomic E-state index is -0.505. The number of benzene rings is 3. The van der Waals surface area contributed by atoms with E-state index in [9.17, 15) is 4.79 Å². The SMILES string of the molecule is O=C(Nc1n[nH]c2ccccc12)OCC1c2ccccc2-c2ccccc21. The molecule has 4 aromatic rings. The number of fused-ring (bicyclic) bond motifs is 4. The van der Waals surface area contributed by atoms with E-state index in [1.54, 1.807) is 0 Å². The number of H-pyrrole nitrogens is 1. The fraction of sp³-hybridized carbons (Fsp3) is 0.0909. The van der Waals surface area contributed by atoms with E-state index in [4.69, 9.17) is 4.74 Å². The number of nitrogens with one attached hydrogen (secondary N) is 2. The Hall–Kier alpha value is -3.60.